The Balaban J connectivity index is 1.79. The van der Waals surface area contributed by atoms with E-state index in [0.29, 0.717) is 35.1 Å². The fourth-order valence-electron chi connectivity index (χ4n) is 2.99. The van der Waals surface area contributed by atoms with Crippen molar-refractivity contribution < 1.29 is 14.0 Å². The minimum absolute atomic E-state index is 0.0180. The molecule has 1 heterocycles. The van der Waals surface area contributed by atoms with Crippen molar-refractivity contribution in [3.8, 4) is 0 Å². The van der Waals surface area contributed by atoms with Crippen LogP contribution in [0.1, 0.15) is 12.5 Å². The van der Waals surface area contributed by atoms with E-state index in [0.717, 1.165) is 0 Å². The zero-order valence-corrected chi connectivity index (χ0v) is 16.4. The summed E-state index contributed by atoms with van der Waals surface area (Å²) in [5.41, 5.74) is 0.871. The number of amides is 2. The van der Waals surface area contributed by atoms with Crippen LogP contribution in [0.3, 0.4) is 0 Å². The first-order chi connectivity index (χ1) is 13.8. The van der Waals surface area contributed by atoms with Gasteiger partial charge in [-0.1, -0.05) is 23.7 Å². The summed E-state index contributed by atoms with van der Waals surface area (Å²) in [5.74, 6) is -1.01. The molecule has 1 aromatic heterocycles. The van der Waals surface area contributed by atoms with Gasteiger partial charge in [-0.2, -0.15) is 0 Å². The number of fused-ring (bicyclic) bond motifs is 1. The molecule has 0 aliphatic rings. The van der Waals surface area contributed by atoms with Gasteiger partial charge in [-0.25, -0.2) is 4.39 Å². The van der Waals surface area contributed by atoms with E-state index in [1.54, 1.807) is 30.5 Å². The van der Waals surface area contributed by atoms with E-state index in [-0.39, 0.29) is 28.8 Å². The third-order valence-corrected chi connectivity index (χ3v) is 4.66. The SMILES string of the molecule is CC(=O)NCCn1ccc2c(NC(=O)Cc3ccc(F)c(Cl)c3)cccc2c1=O. The molecule has 6 nitrogen and oxygen atoms in total. The minimum Gasteiger partial charge on any atom is -0.355 e. The topological polar surface area (TPSA) is 80.2 Å². The summed E-state index contributed by atoms with van der Waals surface area (Å²) in [5, 5.41) is 6.47. The van der Waals surface area contributed by atoms with Crippen LogP contribution in [0.4, 0.5) is 10.1 Å². The number of anilines is 1. The van der Waals surface area contributed by atoms with Gasteiger partial charge >= 0.3 is 0 Å². The van der Waals surface area contributed by atoms with Crippen LogP contribution in [0.25, 0.3) is 10.8 Å². The van der Waals surface area contributed by atoms with Crippen molar-refractivity contribution >= 4 is 39.9 Å². The maximum absolute atomic E-state index is 13.3. The molecule has 0 saturated carbocycles. The van der Waals surface area contributed by atoms with Gasteiger partial charge in [0, 0.05) is 42.7 Å². The number of benzene rings is 2. The normalized spacial score (nSPS) is 10.7. The van der Waals surface area contributed by atoms with Crippen molar-refractivity contribution in [2.24, 2.45) is 0 Å². The lowest BCUT2D eigenvalue weighted by Gasteiger charge is -2.11. The predicted octanol–water partition coefficient (Wildman–Crippen LogP) is 3.11. The quantitative estimate of drug-likeness (QED) is 0.649. The minimum atomic E-state index is -0.542. The molecule has 150 valence electrons. The standard InChI is InChI=1S/C21H19ClFN3O3/c1-13(27)24-8-10-26-9-7-15-16(21(26)29)3-2-4-19(15)25-20(28)12-14-5-6-18(23)17(22)11-14/h2-7,9,11H,8,10,12H2,1H3,(H,24,27)(H,25,28). The van der Waals surface area contributed by atoms with Crippen LogP contribution >= 0.6 is 11.6 Å². The van der Waals surface area contributed by atoms with E-state index >= 15 is 0 Å². The van der Waals surface area contributed by atoms with Crippen molar-refractivity contribution in [1.82, 2.24) is 9.88 Å². The lowest BCUT2D eigenvalue weighted by Crippen LogP contribution is -2.29. The molecule has 0 radical (unpaired) electrons. The average molecular weight is 416 g/mol. The molecule has 0 atom stereocenters. The van der Waals surface area contributed by atoms with Crippen LogP contribution in [0, 0.1) is 5.82 Å². The van der Waals surface area contributed by atoms with Gasteiger partial charge in [-0.3, -0.25) is 14.4 Å². The monoisotopic (exact) mass is 415 g/mol. The van der Waals surface area contributed by atoms with Crippen molar-refractivity contribution in [3.05, 3.63) is 75.4 Å². The molecule has 2 amide bonds. The third-order valence-electron chi connectivity index (χ3n) is 4.37. The highest BCUT2D eigenvalue weighted by Gasteiger charge is 2.11. The average Bonchev–Trinajstić information content (AvgIpc) is 2.67. The summed E-state index contributed by atoms with van der Waals surface area (Å²) in [6, 6.07) is 10.9. The first-order valence-electron chi connectivity index (χ1n) is 8.95. The van der Waals surface area contributed by atoms with Gasteiger partial charge in [0.2, 0.25) is 11.8 Å². The summed E-state index contributed by atoms with van der Waals surface area (Å²) in [7, 11) is 0. The maximum atomic E-state index is 13.3. The molecule has 8 heteroatoms. The largest absolute Gasteiger partial charge is 0.355 e. The highest BCUT2D eigenvalue weighted by atomic mass is 35.5. The van der Waals surface area contributed by atoms with Crippen molar-refractivity contribution in [2.75, 3.05) is 11.9 Å². The summed E-state index contributed by atoms with van der Waals surface area (Å²) in [6.07, 6.45) is 1.64. The van der Waals surface area contributed by atoms with Gasteiger partial charge < -0.3 is 15.2 Å². The van der Waals surface area contributed by atoms with Gasteiger partial charge in [0.15, 0.2) is 0 Å². The molecule has 0 unspecified atom stereocenters. The van der Waals surface area contributed by atoms with E-state index in [1.807, 2.05) is 0 Å². The van der Waals surface area contributed by atoms with Crippen LogP contribution in [-0.2, 0) is 22.6 Å². The molecule has 0 saturated heterocycles. The number of nitrogens with one attached hydrogen (secondary N) is 2. The Kier molecular flexibility index (Phi) is 6.29. The Morgan fingerprint density at radius 3 is 2.66 bits per heavy atom. The Bertz CT molecular complexity index is 1140. The van der Waals surface area contributed by atoms with Crippen LogP contribution in [-0.4, -0.2) is 22.9 Å². The van der Waals surface area contributed by atoms with Gasteiger partial charge in [0.25, 0.3) is 5.56 Å². The van der Waals surface area contributed by atoms with Gasteiger partial charge in [-0.15, -0.1) is 0 Å². The van der Waals surface area contributed by atoms with Crippen molar-refractivity contribution in [1.29, 1.82) is 0 Å². The Hall–Kier alpha value is -3.19. The molecule has 2 aromatic carbocycles. The van der Waals surface area contributed by atoms with Crippen molar-refractivity contribution in [3.63, 3.8) is 0 Å². The Labute approximate surface area is 171 Å². The highest BCUT2D eigenvalue weighted by molar-refractivity contribution is 6.30. The van der Waals surface area contributed by atoms with E-state index in [4.69, 9.17) is 11.6 Å². The van der Waals surface area contributed by atoms with Crippen molar-refractivity contribution in [2.45, 2.75) is 19.9 Å². The summed E-state index contributed by atoms with van der Waals surface area (Å²) in [4.78, 5) is 36.1. The second kappa shape index (κ2) is 8.87. The van der Waals surface area contributed by atoms with Gasteiger partial charge in [-0.05, 0) is 35.9 Å². The summed E-state index contributed by atoms with van der Waals surface area (Å²) < 4.78 is 14.8. The smallest absolute Gasteiger partial charge is 0.258 e. The fourth-order valence-corrected chi connectivity index (χ4v) is 3.19. The molecule has 0 fully saturated rings. The first-order valence-corrected chi connectivity index (χ1v) is 9.33. The second-order valence-corrected chi connectivity index (χ2v) is 6.94. The number of hydrogen-bond donors (Lipinski definition) is 2. The van der Waals surface area contributed by atoms with Gasteiger partial charge in [0.05, 0.1) is 11.4 Å². The summed E-state index contributed by atoms with van der Waals surface area (Å²) in [6.45, 7) is 2.10. The van der Waals surface area contributed by atoms with Gasteiger partial charge in [0.1, 0.15) is 5.82 Å². The van der Waals surface area contributed by atoms with Crippen LogP contribution in [0.5, 0.6) is 0 Å². The number of hydrogen-bond acceptors (Lipinski definition) is 3. The zero-order chi connectivity index (χ0) is 21.0. The molecule has 2 N–H and O–H groups in total. The number of aromatic nitrogens is 1. The van der Waals surface area contributed by atoms with Crippen LogP contribution < -0.4 is 16.2 Å². The Morgan fingerprint density at radius 1 is 1.14 bits per heavy atom. The fraction of sp³-hybridized carbons (Fsp3) is 0.190. The highest BCUT2D eigenvalue weighted by Crippen LogP contribution is 2.22. The lowest BCUT2D eigenvalue weighted by atomic mass is 10.1. The molecule has 29 heavy (non-hydrogen) atoms. The molecule has 0 bridgehead atoms. The molecule has 0 aliphatic heterocycles. The van der Waals surface area contributed by atoms with Crippen LogP contribution in [0.15, 0.2) is 53.5 Å². The second-order valence-electron chi connectivity index (χ2n) is 6.54. The van der Waals surface area contributed by atoms with E-state index in [2.05, 4.69) is 10.6 Å². The molecule has 3 aromatic rings. The number of halogens is 2. The number of nitrogens with zero attached hydrogens (tertiary/aromatic N) is 1. The zero-order valence-electron chi connectivity index (χ0n) is 15.7. The number of pyridine rings is 1. The first kappa shape index (κ1) is 20.5. The number of carbonyl (C=O) groups excluding carboxylic acids is 2. The molecular weight excluding hydrogens is 397 g/mol. The van der Waals surface area contributed by atoms with E-state index in [9.17, 15) is 18.8 Å². The number of rotatable bonds is 6. The molecule has 3 rings (SSSR count). The molecule has 0 aliphatic carbocycles. The number of carbonyl (C=O) groups is 2. The molecule has 0 spiro atoms. The maximum Gasteiger partial charge on any atom is 0.258 e. The van der Waals surface area contributed by atoms with Crippen LogP contribution in [0.2, 0.25) is 5.02 Å². The molecular formula is C21H19ClFN3O3. The third kappa shape index (κ3) is 5.00. The summed E-state index contributed by atoms with van der Waals surface area (Å²) >= 11 is 5.75. The van der Waals surface area contributed by atoms with E-state index < -0.39 is 5.82 Å². The Morgan fingerprint density at radius 2 is 1.93 bits per heavy atom. The lowest BCUT2D eigenvalue weighted by molar-refractivity contribution is -0.119. The van der Waals surface area contributed by atoms with E-state index in [1.165, 1.54) is 29.7 Å². The predicted molar refractivity (Wildman–Crippen MR) is 111 cm³/mol.